The topological polar surface area (TPSA) is 40.5 Å². The van der Waals surface area contributed by atoms with Crippen LogP contribution in [0, 0.1) is 0 Å². The summed E-state index contributed by atoms with van der Waals surface area (Å²) in [7, 11) is 2.04. The molecule has 0 amide bonds. The highest BCUT2D eigenvalue weighted by Gasteiger charge is 2.26. The van der Waals surface area contributed by atoms with E-state index in [1.165, 1.54) is 12.5 Å². The normalized spacial score (nSPS) is 10.2. The molecule has 0 aromatic heterocycles. The van der Waals surface area contributed by atoms with Gasteiger partial charge in [-0.1, -0.05) is 75.8 Å². The van der Waals surface area contributed by atoms with Crippen LogP contribution in [0.4, 0.5) is 0 Å². The molecular weight excluding hydrogens is 346 g/mol. The van der Waals surface area contributed by atoms with Crippen LogP contribution in [-0.4, -0.2) is 23.3 Å². The fourth-order valence-electron chi connectivity index (χ4n) is 2.34. The summed E-state index contributed by atoms with van der Waals surface area (Å²) in [5.41, 5.74) is 4.12. The number of benzene rings is 1. The van der Waals surface area contributed by atoms with Gasteiger partial charge in [-0.2, -0.15) is 0 Å². The molecule has 0 aliphatic carbocycles. The van der Waals surface area contributed by atoms with Gasteiger partial charge in [-0.25, -0.2) is 0 Å². The monoisotopic (exact) mass is 393 g/mol. The smallest absolute Gasteiger partial charge is 0.123 e. The van der Waals surface area contributed by atoms with E-state index in [4.69, 9.17) is 4.79 Å². The Morgan fingerprint density at radius 1 is 1.00 bits per heavy atom. The van der Waals surface area contributed by atoms with Gasteiger partial charge in [0, 0.05) is 19.3 Å². The number of allylic oxidation sites excluding steroid dienone is 1. The summed E-state index contributed by atoms with van der Waals surface area (Å²) < 4.78 is 0. The van der Waals surface area contributed by atoms with E-state index in [0.717, 1.165) is 29.7 Å². The molecule has 1 N–H and O–H groups in total. The van der Waals surface area contributed by atoms with Gasteiger partial charge in [-0.3, -0.25) is 0 Å². The molecule has 164 valence electrons. The van der Waals surface area contributed by atoms with Gasteiger partial charge < -0.3 is 14.8 Å². The second-order valence-electron chi connectivity index (χ2n) is 8.37. The summed E-state index contributed by atoms with van der Waals surface area (Å²) in [4.78, 5) is 10.9. The third-order valence-corrected chi connectivity index (χ3v) is 3.86. The van der Waals surface area contributed by atoms with Crippen molar-refractivity contribution in [1.82, 2.24) is 4.90 Å². The molecule has 0 unspecified atom stereocenters. The average molecular weight is 394 g/mol. The van der Waals surface area contributed by atoms with Crippen LogP contribution < -0.4 is 0 Å². The molecule has 3 nitrogen and oxygen atoms in total. The molecule has 0 saturated carbocycles. The molecule has 0 heterocycles. The zero-order valence-electron chi connectivity index (χ0n) is 20.9. The quantitative estimate of drug-likeness (QED) is 0.551. The molecule has 1 rings (SSSR count). The summed E-state index contributed by atoms with van der Waals surface area (Å²) >= 11 is 0. The maximum absolute atomic E-state index is 10.7. The largest absolute Gasteiger partial charge is 0.507 e. The molecule has 1 aromatic rings. The Labute approximate surface area is 175 Å². The highest BCUT2D eigenvalue weighted by molar-refractivity contribution is 5.50. The first-order valence-corrected chi connectivity index (χ1v) is 10.4. The molecule has 0 aliphatic heterocycles. The highest BCUT2D eigenvalue weighted by atomic mass is 16.3. The number of phenolic OH excluding ortho intramolecular Hbond substituents is 1. The Hall–Kier alpha value is -1.77. The first kappa shape index (κ1) is 30.9. The van der Waals surface area contributed by atoms with E-state index in [0.29, 0.717) is 5.75 Å². The van der Waals surface area contributed by atoms with Crippen LogP contribution in [0.25, 0.3) is 0 Å². The SMILES string of the molecule is C=C(C)N(C)Cc1cc(C(C)(C)C)c(O)c(C(C)(C)C)c1.CC.CC.CC=O. The Morgan fingerprint density at radius 2 is 1.29 bits per heavy atom. The second kappa shape index (κ2) is 14.3. The van der Waals surface area contributed by atoms with E-state index >= 15 is 0 Å². The summed E-state index contributed by atoms with van der Waals surface area (Å²) in [6.07, 6.45) is 0.750. The molecule has 0 radical (unpaired) electrons. The lowest BCUT2D eigenvalue weighted by atomic mass is 9.78. The van der Waals surface area contributed by atoms with Crippen molar-refractivity contribution in [1.29, 1.82) is 0 Å². The standard InChI is InChI=1S/C19H31NO.C2H4O.2C2H6/c1-13(2)20(9)12-14-10-15(18(3,4)5)17(21)16(11-14)19(6,7)8;1-2-3;2*1-2/h10-11,21H,1,12H2,2-9H3;2H,1H3;2*1-2H3. The predicted octanol–water partition coefficient (Wildman–Crippen LogP) is 7.21. The summed E-state index contributed by atoms with van der Waals surface area (Å²) in [5.74, 6) is 0.441. The van der Waals surface area contributed by atoms with Crippen LogP contribution in [0.3, 0.4) is 0 Å². The molecule has 0 fully saturated rings. The van der Waals surface area contributed by atoms with E-state index in [1.54, 1.807) is 0 Å². The maximum Gasteiger partial charge on any atom is 0.123 e. The average Bonchev–Trinajstić information content (AvgIpc) is 2.58. The molecule has 0 atom stereocenters. The summed E-state index contributed by atoms with van der Waals surface area (Å²) in [6.45, 7) is 29.1. The number of carbonyl (C=O) groups excluding carboxylic acids is 1. The molecule has 0 saturated heterocycles. The number of hydrogen-bond acceptors (Lipinski definition) is 3. The fourth-order valence-corrected chi connectivity index (χ4v) is 2.34. The number of nitrogens with zero attached hydrogens (tertiary/aromatic N) is 1. The number of aromatic hydroxyl groups is 1. The fraction of sp³-hybridized carbons (Fsp3) is 0.640. The maximum atomic E-state index is 10.7. The second-order valence-corrected chi connectivity index (χ2v) is 8.37. The van der Waals surface area contributed by atoms with Crippen molar-refractivity contribution in [3.63, 3.8) is 0 Å². The number of aldehydes is 1. The van der Waals surface area contributed by atoms with Gasteiger partial charge in [-0.15, -0.1) is 0 Å². The van der Waals surface area contributed by atoms with Gasteiger partial charge in [0.1, 0.15) is 12.0 Å². The molecule has 0 spiro atoms. The van der Waals surface area contributed by atoms with Gasteiger partial charge in [0.05, 0.1) is 0 Å². The lowest BCUT2D eigenvalue weighted by Gasteiger charge is -2.29. The lowest BCUT2D eigenvalue weighted by Crippen LogP contribution is -2.20. The van der Waals surface area contributed by atoms with E-state index in [9.17, 15) is 5.11 Å². The van der Waals surface area contributed by atoms with Gasteiger partial charge >= 0.3 is 0 Å². The van der Waals surface area contributed by atoms with Crippen molar-refractivity contribution in [2.24, 2.45) is 0 Å². The predicted molar refractivity (Wildman–Crippen MR) is 126 cm³/mol. The van der Waals surface area contributed by atoms with E-state index in [-0.39, 0.29) is 10.8 Å². The van der Waals surface area contributed by atoms with Gasteiger partial charge in [0.25, 0.3) is 0 Å². The first-order chi connectivity index (χ1) is 12.8. The van der Waals surface area contributed by atoms with Crippen LogP contribution in [0.1, 0.15) is 99.8 Å². The van der Waals surface area contributed by atoms with Crippen LogP contribution in [0.15, 0.2) is 24.4 Å². The van der Waals surface area contributed by atoms with Crippen LogP contribution in [-0.2, 0) is 22.2 Å². The van der Waals surface area contributed by atoms with Crippen LogP contribution in [0.2, 0.25) is 0 Å². The van der Waals surface area contributed by atoms with Crippen molar-refractivity contribution < 1.29 is 9.90 Å². The first-order valence-electron chi connectivity index (χ1n) is 10.4. The van der Waals surface area contributed by atoms with Crippen LogP contribution in [0.5, 0.6) is 5.75 Å². The Kier molecular flexibility index (Phi) is 15.8. The van der Waals surface area contributed by atoms with Gasteiger partial charge in [0.2, 0.25) is 0 Å². The van der Waals surface area contributed by atoms with Crippen molar-refractivity contribution in [2.45, 2.75) is 100 Å². The van der Waals surface area contributed by atoms with E-state index in [2.05, 4.69) is 65.2 Å². The minimum atomic E-state index is -0.0815. The Bertz CT molecular complexity index is 540. The minimum absolute atomic E-state index is 0.0815. The molecular formula is C25H47NO2. The van der Waals surface area contributed by atoms with Crippen LogP contribution >= 0.6 is 0 Å². The lowest BCUT2D eigenvalue weighted by molar-refractivity contribution is -0.106. The minimum Gasteiger partial charge on any atom is -0.507 e. The number of rotatable bonds is 3. The summed E-state index contributed by atoms with van der Waals surface area (Å²) in [5, 5.41) is 10.7. The third-order valence-electron chi connectivity index (χ3n) is 3.86. The number of carbonyl (C=O) groups is 1. The van der Waals surface area contributed by atoms with E-state index < -0.39 is 0 Å². The Balaban J connectivity index is -0.000000789. The molecule has 0 bridgehead atoms. The molecule has 3 heteroatoms. The number of phenols is 1. The zero-order chi connectivity index (χ0) is 23.3. The van der Waals surface area contributed by atoms with Crippen molar-refractivity contribution in [3.8, 4) is 5.75 Å². The third kappa shape index (κ3) is 11.2. The van der Waals surface area contributed by atoms with Crippen molar-refractivity contribution in [3.05, 3.63) is 41.1 Å². The highest BCUT2D eigenvalue weighted by Crippen LogP contribution is 2.40. The zero-order valence-corrected chi connectivity index (χ0v) is 20.9. The van der Waals surface area contributed by atoms with Crippen molar-refractivity contribution >= 4 is 6.29 Å². The van der Waals surface area contributed by atoms with Crippen molar-refractivity contribution in [2.75, 3.05) is 7.05 Å². The van der Waals surface area contributed by atoms with Gasteiger partial charge in [-0.05, 0) is 53.5 Å². The Morgan fingerprint density at radius 3 is 1.50 bits per heavy atom. The molecule has 1 aromatic carbocycles. The molecule has 0 aliphatic rings. The summed E-state index contributed by atoms with van der Waals surface area (Å²) in [6, 6.07) is 4.26. The molecule has 28 heavy (non-hydrogen) atoms. The number of hydrogen-bond donors (Lipinski definition) is 1. The van der Waals surface area contributed by atoms with E-state index in [1.807, 2.05) is 41.7 Å². The van der Waals surface area contributed by atoms with Gasteiger partial charge in [0.15, 0.2) is 0 Å².